The Morgan fingerprint density at radius 1 is 1.86 bits per heavy atom. The molecule has 0 unspecified atom stereocenters. The van der Waals surface area contributed by atoms with E-state index < -0.39 is 0 Å². The summed E-state index contributed by atoms with van der Waals surface area (Å²) >= 11 is 0. The van der Waals surface area contributed by atoms with Crippen LogP contribution in [0.2, 0.25) is 0 Å². The van der Waals surface area contributed by atoms with E-state index in [0.717, 1.165) is 0 Å². The van der Waals surface area contributed by atoms with Gasteiger partial charge in [0.2, 0.25) is 0 Å². The van der Waals surface area contributed by atoms with Crippen molar-refractivity contribution in [3.05, 3.63) is 0 Å². The first-order valence-electron chi connectivity index (χ1n) is 2.24. The quantitative estimate of drug-likeness (QED) is 0.214. The second-order valence-electron chi connectivity index (χ2n) is 1.41. The average molecular weight is 101 g/mol. The average Bonchev–Trinajstić information content (AvgIpc) is 1.65. The van der Waals surface area contributed by atoms with E-state index in [1.165, 1.54) is 5.01 Å². The standard InChI is InChI=1S/C4H11N3/c1-3-4(5)7(2)6/h5H,3,6H2,1-2H3. The van der Waals surface area contributed by atoms with E-state index in [9.17, 15) is 0 Å². The summed E-state index contributed by atoms with van der Waals surface area (Å²) in [6, 6.07) is 0. The molecule has 3 N–H and O–H groups in total. The summed E-state index contributed by atoms with van der Waals surface area (Å²) in [7, 11) is 1.66. The van der Waals surface area contributed by atoms with Gasteiger partial charge in [-0.2, -0.15) is 0 Å². The molecule has 3 heteroatoms. The third-order valence-corrected chi connectivity index (χ3v) is 0.761. The molecule has 0 bridgehead atoms. The van der Waals surface area contributed by atoms with E-state index in [1.54, 1.807) is 7.05 Å². The molecular weight excluding hydrogens is 90.1 g/mol. The molecule has 0 aliphatic heterocycles. The Labute approximate surface area is 43.6 Å². The number of hydrogen-bond donors (Lipinski definition) is 2. The van der Waals surface area contributed by atoms with Crippen LogP contribution in [0.1, 0.15) is 13.3 Å². The van der Waals surface area contributed by atoms with Gasteiger partial charge in [-0.15, -0.1) is 0 Å². The van der Waals surface area contributed by atoms with Gasteiger partial charge >= 0.3 is 0 Å². The summed E-state index contributed by atoms with van der Waals surface area (Å²) in [5.41, 5.74) is 0. The van der Waals surface area contributed by atoms with Crippen molar-refractivity contribution >= 4 is 5.84 Å². The van der Waals surface area contributed by atoms with Crippen LogP contribution in [0, 0.1) is 5.41 Å². The van der Waals surface area contributed by atoms with Crippen LogP contribution in [0.25, 0.3) is 0 Å². The highest BCUT2D eigenvalue weighted by molar-refractivity contribution is 5.77. The summed E-state index contributed by atoms with van der Waals surface area (Å²) in [6.45, 7) is 1.89. The van der Waals surface area contributed by atoms with Crippen LogP contribution in [-0.4, -0.2) is 17.9 Å². The normalized spacial score (nSPS) is 8.43. The number of rotatable bonds is 1. The SMILES string of the molecule is CCC(=N)N(C)N. The molecule has 0 spiro atoms. The molecule has 0 amide bonds. The van der Waals surface area contributed by atoms with Crippen molar-refractivity contribution < 1.29 is 0 Å². The molecule has 0 aromatic rings. The fourth-order valence-electron chi connectivity index (χ4n) is 0.249. The molecule has 3 nitrogen and oxygen atoms in total. The lowest BCUT2D eigenvalue weighted by Crippen LogP contribution is -2.31. The van der Waals surface area contributed by atoms with Gasteiger partial charge in [0, 0.05) is 13.5 Å². The third-order valence-electron chi connectivity index (χ3n) is 0.761. The molecule has 0 radical (unpaired) electrons. The second kappa shape index (κ2) is 2.58. The van der Waals surface area contributed by atoms with Gasteiger partial charge in [0.1, 0.15) is 5.84 Å². The van der Waals surface area contributed by atoms with Crippen molar-refractivity contribution in [3.8, 4) is 0 Å². The highest BCUT2D eigenvalue weighted by Gasteiger charge is 1.90. The molecule has 0 rings (SSSR count). The largest absolute Gasteiger partial charge is 0.302 e. The smallest absolute Gasteiger partial charge is 0.109 e. The highest BCUT2D eigenvalue weighted by atomic mass is 15.4. The summed E-state index contributed by atoms with van der Waals surface area (Å²) in [6.07, 6.45) is 0.701. The molecule has 0 saturated carbocycles. The minimum absolute atomic E-state index is 0.458. The van der Waals surface area contributed by atoms with Crippen LogP contribution in [0.4, 0.5) is 0 Å². The fraction of sp³-hybridized carbons (Fsp3) is 0.750. The van der Waals surface area contributed by atoms with Crippen LogP contribution in [0.5, 0.6) is 0 Å². The van der Waals surface area contributed by atoms with E-state index in [0.29, 0.717) is 12.3 Å². The van der Waals surface area contributed by atoms with Gasteiger partial charge in [-0.05, 0) is 0 Å². The molecule has 0 aliphatic carbocycles. The summed E-state index contributed by atoms with van der Waals surface area (Å²) < 4.78 is 0. The first kappa shape index (κ1) is 6.43. The Balaban J connectivity index is 3.35. The molecule has 0 heterocycles. The molecule has 0 aliphatic rings. The zero-order valence-electron chi connectivity index (χ0n) is 4.73. The monoisotopic (exact) mass is 101 g/mol. The highest BCUT2D eigenvalue weighted by Crippen LogP contribution is 1.79. The molecule has 42 valence electrons. The van der Waals surface area contributed by atoms with Crippen molar-refractivity contribution in [2.45, 2.75) is 13.3 Å². The van der Waals surface area contributed by atoms with Crippen molar-refractivity contribution in [3.63, 3.8) is 0 Å². The number of hydrogen-bond acceptors (Lipinski definition) is 2. The maximum absolute atomic E-state index is 6.99. The number of nitrogens with two attached hydrogens (primary N) is 1. The molecular formula is C4H11N3. The van der Waals surface area contributed by atoms with E-state index in [1.807, 2.05) is 6.92 Å². The molecule has 7 heavy (non-hydrogen) atoms. The summed E-state index contributed by atoms with van der Waals surface area (Å²) in [4.78, 5) is 0. The van der Waals surface area contributed by atoms with E-state index in [4.69, 9.17) is 11.3 Å². The zero-order valence-corrected chi connectivity index (χ0v) is 4.73. The van der Waals surface area contributed by atoms with Gasteiger partial charge < -0.3 is 5.01 Å². The van der Waals surface area contributed by atoms with E-state index >= 15 is 0 Å². The zero-order chi connectivity index (χ0) is 5.86. The van der Waals surface area contributed by atoms with Crippen molar-refractivity contribution in [1.29, 1.82) is 5.41 Å². The van der Waals surface area contributed by atoms with Crippen LogP contribution in [0.3, 0.4) is 0 Å². The van der Waals surface area contributed by atoms with Gasteiger partial charge in [-0.25, -0.2) is 5.84 Å². The maximum Gasteiger partial charge on any atom is 0.109 e. The van der Waals surface area contributed by atoms with Gasteiger partial charge in [0.05, 0.1) is 0 Å². The Bertz CT molecular complexity index is 67.3. The number of nitrogens with one attached hydrogen (secondary N) is 1. The molecule has 0 fully saturated rings. The topological polar surface area (TPSA) is 53.1 Å². The van der Waals surface area contributed by atoms with Crippen LogP contribution in [0.15, 0.2) is 0 Å². The van der Waals surface area contributed by atoms with Crippen LogP contribution < -0.4 is 5.84 Å². The predicted molar refractivity (Wildman–Crippen MR) is 30.0 cm³/mol. The van der Waals surface area contributed by atoms with Crippen molar-refractivity contribution in [2.75, 3.05) is 7.05 Å². The Morgan fingerprint density at radius 3 is 2.29 bits per heavy atom. The van der Waals surface area contributed by atoms with Gasteiger partial charge in [0.25, 0.3) is 0 Å². The Hall–Kier alpha value is -0.570. The predicted octanol–water partition coefficient (Wildman–Crippen LogP) is 0.179. The molecule has 0 aromatic heterocycles. The van der Waals surface area contributed by atoms with Gasteiger partial charge in [-0.3, -0.25) is 5.41 Å². The lowest BCUT2D eigenvalue weighted by Gasteiger charge is -2.09. The molecule has 0 atom stereocenters. The first-order valence-corrected chi connectivity index (χ1v) is 2.24. The summed E-state index contributed by atoms with van der Waals surface area (Å²) in [5.74, 6) is 5.61. The lowest BCUT2D eigenvalue weighted by atomic mass is 10.4. The van der Waals surface area contributed by atoms with E-state index in [-0.39, 0.29) is 0 Å². The van der Waals surface area contributed by atoms with Gasteiger partial charge in [0.15, 0.2) is 0 Å². The van der Waals surface area contributed by atoms with Crippen molar-refractivity contribution in [1.82, 2.24) is 5.01 Å². The maximum atomic E-state index is 6.99. The van der Waals surface area contributed by atoms with Crippen LogP contribution >= 0.6 is 0 Å². The Kier molecular flexibility index (Phi) is 2.37. The second-order valence-corrected chi connectivity index (χ2v) is 1.41. The number of hydrazine groups is 1. The minimum Gasteiger partial charge on any atom is -0.302 e. The van der Waals surface area contributed by atoms with Gasteiger partial charge in [-0.1, -0.05) is 6.92 Å². The molecule has 0 saturated heterocycles. The lowest BCUT2D eigenvalue weighted by molar-refractivity contribution is 0.523. The minimum atomic E-state index is 0.458. The summed E-state index contributed by atoms with van der Waals surface area (Å²) in [5, 5.41) is 8.30. The first-order chi connectivity index (χ1) is 3.18. The Morgan fingerprint density at radius 2 is 2.29 bits per heavy atom. The number of nitrogens with zero attached hydrogens (tertiary/aromatic N) is 1. The molecule has 0 aromatic carbocycles. The fourth-order valence-corrected chi connectivity index (χ4v) is 0.249. The van der Waals surface area contributed by atoms with Crippen molar-refractivity contribution in [2.24, 2.45) is 5.84 Å². The van der Waals surface area contributed by atoms with Crippen LogP contribution in [-0.2, 0) is 0 Å². The third kappa shape index (κ3) is 2.17. The number of amidine groups is 1. The van der Waals surface area contributed by atoms with E-state index in [2.05, 4.69) is 0 Å².